The molecule has 2 aliphatic rings. The van der Waals surface area contributed by atoms with E-state index >= 15 is 0 Å². The van der Waals surface area contributed by atoms with Crippen molar-refractivity contribution >= 4 is 22.0 Å². The van der Waals surface area contributed by atoms with E-state index in [0.29, 0.717) is 17.2 Å². The van der Waals surface area contributed by atoms with Gasteiger partial charge in [-0.15, -0.1) is 0 Å². The fourth-order valence-electron chi connectivity index (χ4n) is 5.24. The maximum Gasteiger partial charge on any atom is 0.344 e. The second-order valence-electron chi connectivity index (χ2n) is 9.06. The van der Waals surface area contributed by atoms with Crippen molar-refractivity contribution in [3.63, 3.8) is 0 Å². The first-order chi connectivity index (χ1) is 15.5. The number of anilines is 1. The molecule has 6 nitrogen and oxygen atoms in total. The van der Waals surface area contributed by atoms with Gasteiger partial charge < -0.3 is 13.7 Å². The molecule has 32 heavy (non-hydrogen) atoms. The van der Waals surface area contributed by atoms with Crippen LogP contribution in [-0.4, -0.2) is 46.5 Å². The van der Waals surface area contributed by atoms with Gasteiger partial charge in [0.25, 0.3) is 0 Å². The van der Waals surface area contributed by atoms with E-state index in [1.165, 1.54) is 5.57 Å². The van der Waals surface area contributed by atoms with Crippen molar-refractivity contribution < 1.29 is 4.42 Å². The molecule has 0 unspecified atom stereocenters. The van der Waals surface area contributed by atoms with Crippen LogP contribution in [0.1, 0.15) is 17.8 Å². The van der Waals surface area contributed by atoms with Gasteiger partial charge in [-0.25, -0.2) is 4.79 Å². The third-order valence-electron chi connectivity index (χ3n) is 6.97. The van der Waals surface area contributed by atoms with Gasteiger partial charge in [-0.2, -0.15) is 0 Å². The summed E-state index contributed by atoms with van der Waals surface area (Å²) < 4.78 is 7.81. The smallest absolute Gasteiger partial charge is 0.344 e. The lowest BCUT2D eigenvalue weighted by atomic mass is 10.1. The number of rotatable bonds is 2. The zero-order chi connectivity index (χ0) is 22.0. The summed E-state index contributed by atoms with van der Waals surface area (Å²) in [5, 5.41) is 1.52. The van der Waals surface area contributed by atoms with Gasteiger partial charge in [0.15, 0.2) is 0 Å². The van der Waals surface area contributed by atoms with E-state index in [1.807, 2.05) is 54.9 Å². The van der Waals surface area contributed by atoms with Gasteiger partial charge >= 0.3 is 5.63 Å². The fourth-order valence-corrected chi connectivity index (χ4v) is 5.24. The van der Waals surface area contributed by atoms with Crippen LogP contribution in [0.15, 0.2) is 64.1 Å². The van der Waals surface area contributed by atoms with Crippen molar-refractivity contribution in [3.8, 4) is 11.3 Å². The zero-order valence-electron chi connectivity index (χ0n) is 18.5. The molecule has 5 heterocycles. The van der Waals surface area contributed by atoms with Gasteiger partial charge in [-0.3, -0.25) is 9.88 Å². The number of aromatic nitrogens is 2. The molecule has 2 saturated heterocycles. The Balaban J connectivity index is 1.37. The maximum absolute atomic E-state index is 13.0. The monoisotopic (exact) mass is 426 g/mol. The predicted octanol–water partition coefficient (Wildman–Crippen LogP) is 4.18. The molecule has 4 aromatic rings. The highest BCUT2D eigenvalue weighted by Gasteiger charge is 2.33. The van der Waals surface area contributed by atoms with Gasteiger partial charge in [-0.1, -0.05) is 18.2 Å². The molecule has 0 aliphatic carbocycles. The number of piperazine rings is 1. The molecule has 0 spiro atoms. The number of hydrogen-bond donors (Lipinski definition) is 0. The molecule has 2 fully saturated rings. The van der Waals surface area contributed by atoms with Crippen LogP contribution in [0.4, 0.5) is 5.69 Å². The van der Waals surface area contributed by atoms with Gasteiger partial charge in [0.2, 0.25) is 0 Å². The standard InChI is InChI=1S/C26H26N4O2/c1-16-6-7-28-8-9-29(15-24(16)28)21-5-4-19-11-25(32-26(31)22(19)12-21)20-10-23-18(3)27-17(2)13-30(23)14-20/h4-5,10-14,24H,1,6-9,15H2,2-3H3/t24-/m1/s1. The summed E-state index contributed by atoms with van der Waals surface area (Å²) in [4.78, 5) is 22.4. The third-order valence-corrected chi connectivity index (χ3v) is 6.97. The molecule has 6 rings (SSSR count). The summed E-state index contributed by atoms with van der Waals surface area (Å²) in [7, 11) is 0. The van der Waals surface area contributed by atoms with Gasteiger partial charge in [0.05, 0.1) is 22.3 Å². The van der Waals surface area contributed by atoms with E-state index in [1.54, 1.807) is 0 Å². The average Bonchev–Trinajstić information content (AvgIpc) is 3.37. The topological polar surface area (TPSA) is 54.0 Å². The van der Waals surface area contributed by atoms with Crippen molar-refractivity contribution in [2.75, 3.05) is 31.1 Å². The first-order valence-electron chi connectivity index (χ1n) is 11.2. The Kier molecular flexibility index (Phi) is 4.27. The van der Waals surface area contributed by atoms with Crippen LogP contribution in [0.2, 0.25) is 0 Å². The second kappa shape index (κ2) is 7.07. The van der Waals surface area contributed by atoms with Crippen molar-refractivity contribution in [1.82, 2.24) is 14.3 Å². The molecule has 0 N–H and O–H groups in total. The highest BCUT2D eigenvalue weighted by molar-refractivity contribution is 5.87. The summed E-state index contributed by atoms with van der Waals surface area (Å²) in [5.74, 6) is 0.576. The normalized spacial score (nSPS) is 19.2. The second-order valence-corrected chi connectivity index (χ2v) is 9.06. The number of aryl methyl sites for hydroxylation is 2. The largest absolute Gasteiger partial charge is 0.422 e. The quantitative estimate of drug-likeness (QED) is 0.450. The molecular formula is C26H26N4O2. The first-order valence-corrected chi connectivity index (χ1v) is 11.2. The fraction of sp³-hybridized carbons (Fsp3) is 0.308. The van der Waals surface area contributed by atoms with E-state index < -0.39 is 0 Å². The van der Waals surface area contributed by atoms with Gasteiger partial charge in [-0.05, 0) is 49.9 Å². The van der Waals surface area contributed by atoms with Crippen LogP contribution in [0.25, 0.3) is 27.6 Å². The maximum atomic E-state index is 13.0. The molecular weight excluding hydrogens is 400 g/mol. The lowest BCUT2D eigenvalue weighted by Gasteiger charge is -2.39. The highest BCUT2D eigenvalue weighted by Crippen LogP contribution is 2.31. The van der Waals surface area contributed by atoms with Crippen molar-refractivity contribution in [3.05, 3.63) is 76.7 Å². The minimum absolute atomic E-state index is 0.301. The molecule has 0 saturated carbocycles. The Bertz CT molecular complexity index is 1450. The van der Waals surface area contributed by atoms with Crippen molar-refractivity contribution in [1.29, 1.82) is 0 Å². The van der Waals surface area contributed by atoms with Crippen LogP contribution in [-0.2, 0) is 0 Å². The van der Waals surface area contributed by atoms with Crippen LogP contribution < -0.4 is 10.5 Å². The summed E-state index contributed by atoms with van der Waals surface area (Å²) in [6.07, 6.45) is 5.06. The molecule has 1 atom stereocenters. The minimum atomic E-state index is -0.301. The van der Waals surface area contributed by atoms with Crippen molar-refractivity contribution in [2.45, 2.75) is 26.3 Å². The van der Waals surface area contributed by atoms with Crippen LogP contribution in [0.3, 0.4) is 0 Å². The number of hydrogen-bond acceptors (Lipinski definition) is 5. The first kappa shape index (κ1) is 19.3. The Morgan fingerprint density at radius 1 is 1.09 bits per heavy atom. The minimum Gasteiger partial charge on any atom is -0.422 e. The van der Waals surface area contributed by atoms with Crippen LogP contribution in [0, 0.1) is 13.8 Å². The van der Waals surface area contributed by atoms with E-state index in [-0.39, 0.29) is 5.63 Å². The molecule has 0 bridgehead atoms. The average molecular weight is 427 g/mol. The van der Waals surface area contributed by atoms with Crippen LogP contribution >= 0.6 is 0 Å². The Morgan fingerprint density at radius 3 is 2.84 bits per heavy atom. The van der Waals surface area contributed by atoms with Gasteiger partial charge in [0, 0.05) is 55.9 Å². The van der Waals surface area contributed by atoms with E-state index in [9.17, 15) is 4.79 Å². The number of nitrogens with zero attached hydrogens (tertiary/aromatic N) is 4. The Morgan fingerprint density at radius 2 is 1.97 bits per heavy atom. The predicted molar refractivity (Wildman–Crippen MR) is 127 cm³/mol. The SMILES string of the molecule is C=C1CCN2CCN(c3ccc4cc(-c5cc6c(C)nc(C)cn6c5)oc(=O)c4c3)C[C@H]12. The zero-order valence-corrected chi connectivity index (χ0v) is 18.5. The molecule has 3 aromatic heterocycles. The molecule has 6 heteroatoms. The molecule has 1 aromatic carbocycles. The number of fused-ring (bicyclic) bond motifs is 3. The summed E-state index contributed by atoms with van der Waals surface area (Å²) in [6, 6.07) is 10.5. The summed E-state index contributed by atoms with van der Waals surface area (Å²) >= 11 is 0. The van der Waals surface area contributed by atoms with E-state index in [2.05, 4.69) is 27.4 Å². The Labute approximate surface area is 186 Å². The summed E-state index contributed by atoms with van der Waals surface area (Å²) in [5.41, 5.74) is 5.88. The number of benzene rings is 1. The Hall–Kier alpha value is -3.38. The molecule has 162 valence electrons. The lowest BCUT2D eigenvalue weighted by molar-refractivity contribution is 0.245. The van der Waals surface area contributed by atoms with Crippen molar-refractivity contribution in [2.24, 2.45) is 0 Å². The van der Waals surface area contributed by atoms with E-state index in [4.69, 9.17) is 4.42 Å². The van der Waals surface area contributed by atoms with Crippen LogP contribution in [0.5, 0.6) is 0 Å². The highest BCUT2D eigenvalue weighted by atomic mass is 16.4. The van der Waals surface area contributed by atoms with Gasteiger partial charge in [0.1, 0.15) is 5.76 Å². The molecule has 2 aliphatic heterocycles. The molecule has 0 amide bonds. The lowest BCUT2D eigenvalue weighted by Crippen LogP contribution is -2.50. The van der Waals surface area contributed by atoms with E-state index in [0.717, 1.165) is 66.1 Å². The third kappa shape index (κ3) is 3.06. The summed E-state index contributed by atoms with van der Waals surface area (Å²) in [6.45, 7) is 12.3. The molecule has 0 radical (unpaired) electrons.